The van der Waals surface area contributed by atoms with E-state index >= 15 is 0 Å². The summed E-state index contributed by atoms with van der Waals surface area (Å²) >= 11 is 6.23. The third-order valence-electron chi connectivity index (χ3n) is 6.84. The fraction of sp³-hybridized carbons (Fsp3) is 0.172. The predicted molar refractivity (Wildman–Crippen MR) is 148 cm³/mol. The molecule has 10 nitrogen and oxygen atoms in total. The minimum Gasteiger partial charge on any atom is -0.478 e. The van der Waals surface area contributed by atoms with Crippen molar-refractivity contribution in [2.75, 3.05) is 11.9 Å². The maximum absolute atomic E-state index is 13.7. The molecule has 3 aromatic carbocycles. The van der Waals surface area contributed by atoms with Gasteiger partial charge < -0.3 is 15.3 Å². The van der Waals surface area contributed by atoms with Crippen LogP contribution in [0.1, 0.15) is 40.2 Å². The second-order valence-corrected chi connectivity index (χ2v) is 9.78. The lowest BCUT2D eigenvalue weighted by Gasteiger charge is -2.40. The first-order valence-electron chi connectivity index (χ1n) is 12.7. The molecule has 1 saturated heterocycles. The summed E-state index contributed by atoms with van der Waals surface area (Å²) in [5.41, 5.74) is 2.88. The number of aromatic carboxylic acids is 1. The van der Waals surface area contributed by atoms with Crippen molar-refractivity contribution in [1.29, 1.82) is 0 Å². The SMILES string of the molecule is O=C(O)c1ccc(NC(=O)C2C(c3ccccc3)CCCN2C(=O)/C=C/c2cc(Cl)ccc2-[n+]2cnn[nH]2)cc1. The fourth-order valence-corrected chi connectivity index (χ4v) is 5.14. The lowest BCUT2D eigenvalue weighted by atomic mass is 9.82. The zero-order valence-corrected chi connectivity index (χ0v) is 22.0. The van der Waals surface area contributed by atoms with Gasteiger partial charge in [0.2, 0.25) is 11.8 Å². The van der Waals surface area contributed by atoms with E-state index in [-0.39, 0.29) is 23.3 Å². The maximum Gasteiger partial charge on any atom is 0.335 e. The number of anilines is 1. The number of carboxylic acid groups (broad SMARTS) is 1. The molecule has 2 amide bonds. The molecule has 11 heteroatoms. The van der Waals surface area contributed by atoms with Crippen LogP contribution in [0.5, 0.6) is 0 Å². The first-order valence-corrected chi connectivity index (χ1v) is 13.0. The van der Waals surface area contributed by atoms with Gasteiger partial charge in [-0.3, -0.25) is 9.59 Å². The van der Waals surface area contributed by atoms with Crippen molar-refractivity contribution in [3.05, 3.63) is 107 Å². The summed E-state index contributed by atoms with van der Waals surface area (Å²) in [6.07, 6.45) is 6.06. The van der Waals surface area contributed by atoms with Crippen LogP contribution in [0, 0.1) is 0 Å². The van der Waals surface area contributed by atoms with Crippen LogP contribution >= 0.6 is 11.6 Å². The Morgan fingerprint density at radius 2 is 1.85 bits per heavy atom. The van der Waals surface area contributed by atoms with Gasteiger partial charge in [0.15, 0.2) is 5.21 Å². The molecular weight excluding hydrogens is 532 g/mol. The van der Waals surface area contributed by atoms with Crippen molar-refractivity contribution in [2.45, 2.75) is 24.8 Å². The number of aromatic nitrogens is 4. The number of rotatable bonds is 7. The van der Waals surface area contributed by atoms with E-state index in [4.69, 9.17) is 11.6 Å². The minimum atomic E-state index is -1.05. The summed E-state index contributed by atoms with van der Waals surface area (Å²) in [6.45, 7) is 0.407. The van der Waals surface area contributed by atoms with Crippen molar-refractivity contribution in [3.63, 3.8) is 0 Å². The Morgan fingerprint density at radius 1 is 1.07 bits per heavy atom. The monoisotopic (exact) mass is 557 g/mol. The van der Waals surface area contributed by atoms with Gasteiger partial charge in [-0.2, -0.15) is 0 Å². The van der Waals surface area contributed by atoms with E-state index in [1.54, 1.807) is 33.9 Å². The van der Waals surface area contributed by atoms with Crippen LogP contribution < -0.4 is 10.00 Å². The van der Waals surface area contributed by atoms with Gasteiger partial charge >= 0.3 is 5.97 Å². The number of halogens is 1. The zero-order valence-electron chi connectivity index (χ0n) is 21.3. The normalized spacial score (nSPS) is 17.1. The molecule has 0 spiro atoms. The molecule has 1 fully saturated rings. The molecule has 0 radical (unpaired) electrons. The van der Waals surface area contributed by atoms with Crippen molar-refractivity contribution in [3.8, 4) is 5.69 Å². The molecule has 2 unspecified atom stereocenters. The summed E-state index contributed by atoms with van der Waals surface area (Å²) in [7, 11) is 0. The fourth-order valence-electron chi connectivity index (χ4n) is 4.96. The number of carbonyl (C=O) groups excluding carboxylic acids is 2. The third-order valence-corrected chi connectivity index (χ3v) is 7.08. The Balaban J connectivity index is 1.44. The number of hydrogen-bond donors (Lipinski definition) is 3. The van der Waals surface area contributed by atoms with E-state index in [9.17, 15) is 19.5 Å². The van der Waals surface area contributed by atoms with Crippen LogP contribution in [0.15, 0.2) is 85.2 Å². The van der Waals surface area contributed by atoms with Crippen LogP contribution in [0.2, 0.25) is 5.02 Å². The van der Waals surface area contributed by atoms with E-state index in [1.807, 2.05) is 30.3 Å². The van der Waals surface area contributed by atoms with Crippen LogP contribution in [-0.4, -0.2) is 55.9 Å². The predicted octanol–water partition coefficient (Wildman–Crippen LogP) is 3.86. The van der Waals surface area contributed by atoms with Crippen LogP contribution in [0.3, 0.4) is 0 Å². The standard InChI is InChI=1S/C29H25ClN6O4/c30-22-11-14-25(36-18-31-33-34-36)21(17-22)10-15-26(37)35-16-4-7-24(19-5-2-1-3-6-19)27(35)28(38)32-23-12-8-20(9-13-23)29(39)40/h1-3,5-6,8-15,17-18,24,27H,4,7,16H2,(H2,32,38,39,40)/p+1/b15-10+. The minimum absolute atomic E-state index is 0.115. The van der Waals surface area contributed by atoms with E-state index < -0.39 is 12.0 Å². The highest BCUT2D eigenvalue weighted by molar-refractivity contribution is 6.30. The number of aromatic amines is 1. The molecule has 0 aliphatic carbocycles. The topological polar surface area (TPSA) is 132 Å². The summed E-state index contributed by atoms with van der Waals surface area (Å²) in [4.78, 5) is 40.2. The number of hydrogen-bond acceptors (Lipinski definition) is 5. The largest absolute Gasteiger partial charge is 0.478 e. The van der Waals surface area contributed by atoms with Gasteiger partial charge in [-0.1, -0.05) is 47.1 Å². The lowest BCUT2D eigenvalue weighted by Crippen LogP contribution is -2.53. The summed E-state index contributed by atoms with van der Waals surface area (Å²) < 4.78 is 1.60. The average Bonchev–Trinajstić information content (AvgIpc) is 3.51. The number of benzene rings is 3. The molecule has 5 rings (SSSR count). The number of H-pyrrole nitrogens is 1. The Morgan fingerprint density at radius 3 is 2.55 bits per heavy atom. The van der Waals surface area contributed by atoms with Crippen molar-refractivity contribution >= 4 is 41.1 Å². The van der Waals surface area contributed by atoms with Gasteiger partial charge in [0.25, 0.3) is 6.33 Å². The van der Waals surface area contributed by atoms with Crippen molar-refractivity contribution in [2.24, 2.45) is 0 Å². The lowest BCUT2D eigenvalue weighted by molar-refractivity contribution is -0.660. The van der Waals surface area contributed by atoms with Crippen LogP contribution in [0.25, 0.3) is 11.8 Å². The number of amides is 2. The highest BCUT2D eigenvalue weighted by Gasteiger charge is 2.39. The molecule has 2 atom stereocenters. The van der Waals surface area contributed by atoms with Gasteiger partial charge in [0.1, 0.15) is 16.8 Å². The number of carbonyl (C=O) groups is 3. The molecule has 3 N–H and O–H groups in total. The molecule has 2 heterocycles. The Hall–Kier alpha value is -4.83. The molecule has 1 aliphatic rings. The van der Waals surface area contributed by atoms with E-state index in [1.165, 1.54) is 36.7 Å². The second kappa shape index (κ2) is 11.9. The average molecular weight is 558 g/mol. The molecule has 202 valence electrons. The number of tetrazole rings is 1. The van der Waals surface area contributed by atoms with Crippen LogP contribution in [-0.2, 0) is 9.59 Å². The van der Waals surface area contributed by atoms with Crippen molar-refractivity contribution in [1.82, 2.24) is 20.4 Å². The maximum atomic E-state index is 13.7. The van der Waals surface area contributed by atoms with Gasteiger partial charge in [-0.15, -0.1) is 4.68 Å². The quantitative estimate of drug-likeness (QED) is 0.233. The first-order chi connectivity index (χ1) is 19.4. The van der Waals surface area contributed by atoms with Gasteiger partial charge in [-0.25, -0.2) is 4.79 Å². The molecule has 0 bridgehead atoms. The molecule has 0 saturated carbocycles. The molecule has 1 aliphatic heterocycles. The summed E-state index contributed by atoms with van der Waals surface area (Å²) in [5.74, 6) is -1.94. The number of piperidine rings is 1. The van der Waals surface area contributed by atoms with Gasteiger partial charge in [0.05, 0.1) is 5.56 Å². The third kappa shape index (κ3) is 5.92. The number of nitrogens with one attached hydrogen (secondary N) is 2. The van der Waals surface area contributed by atoms with Crippen LogP contribution in [0.4, 0.5) is 5.69 Å². The van der Waals surface area contributed by atoms with E-state index in [0.717, 1.165) is 18.4 Å². The molecular formula is C29H26ClN6O4+. The molecule has 40 heavy (non-hydrogen) atoms. The molecule has 1 aromatic heterocycles. The van der Waals surface area contributed by atoms with Crippen molar-refractivity contribution < 1.29 is 24.2 Å². The number of carboxylic acids is 1. The summed E-state index contributed by atoms with van der Waals surface area (Å²) in [5, 5.41) is 22.8. The summed E-state index contributed by atoms with van der Waals surface area (Å²) in [6, 6.07) is 20.0. The van der Waals surface area contributed by atoms with E-state index in [0.29, 0.717) is 28.5 Å². The van der Waals surface area contributed by atoms with E-state index in [2.05, 4.69) is 20.8 Å². The smallest absolute Gasteiger partial charge is 0.335 e. The number of nitrogens with zero attached hydrogens (tertiary/aromatic N) is 4. The van der Waals surface area contributed by atoms with Gasteiger partial charge in [0, 0.05) is 34.8 Å². The zero-order chi connectivity index (χ0) is 28.1. The first kappa shape index (κ1) is 26.8. The highest BCUT2D eigenvalue weighted by Crippen LogP contribution is 2.34. The highest BCUT2D eigenvalue weighted by atomic mass is 35.5. The van der Waals surface area contributed by atoms with Gasteiger partial charge in [-0.05, 0) is 66.9 Å². The second-order valence-electron chi connectivity index (χ2n) is 9.35. The Labute approximate surface area is 234 Å². The molecule has 4 aromatic rings. The number of likely N-dealkylation sites (tertiary alicyclic amines) is 1. The Bertz CT molecular complexity index is 1540. The Kier molecular flexibility index (Phi) is 7.97.